The Kier molecular flexibility index (Phi) is 11.8. The van der Waals surface area contributed by atoms with Gasteiger partial charge in [-0.3, -0.25) is 14.4 Å². The number of nitrogens with zero attached hydrogens (tertiary/aromatic N) is 2. The molecule has 0 bridgehead atoms. The van der Waals surface area contributed by atoms with Crippen LogP contribution in [0.2, 0.25) is 0 Å². The van der Waals surface area contributed by atoms with Crippen molar-refractivity contribution >= 4 is 17.8 Å². The average Bonchev–Trinajstić information content (AvgIpc) is 3.07. The molecule has 0 aliphatic carbocycles. The van der Waals surface area contributed by atoms with Crippen LogP contribution in [0.15, 0.2) is 85.2 Å². The predicted octanol–water partition coefficient (Wildman–Crippen LogP) is 6.61. The van der Waals surface area contributed by atoms with E-state index in [4.69, 9.17) is 9.84 Å². The number of aromatic nitrogens is 2. The average molecular weight is 637 g/mol. The van der Waals surface area contributed by atoms with Crippen molar-refractivity contribution in [2.75, 3.05) is 6.54 Å². The minimum Gasteiger partial charge on any atom is -0.490 e. The van der Waals surface area contributed by atoms with Crippen molar-refractivity contribution in [1.29, 1.82) is 0 Å². The molecule has 9 nitrogen and oxygen atoms in total. The number of benzene rings is 3. The zero-order chi connectivity index (χ0) is 34.0. The van der Waals surface area contributed by atoms with Crippen LogP contribution in [0, 0.1) is 0 Å². The van der Waals surface area contributed by atoms with Gasteiger partial charge in [-0.1, -0.05) is 83.1 Å². The Morgan fingerprint density at radius 2 is 1.40 bits per heavy atom. The third-order valence-corrected chi connectivity index (χ3v) is 7.98. The number of amides is 2. The van der Waals surface area contributed by atoms with E-state index in [1.54, 1.807) is 24.5 Å². The number of hydrogen-bond donors (Lipinski definition) is 3. The van der Waals surface area contributed by atoms with Crippen LogP contribution < -0.4 is 15.4 Å². The molecule has 4 aromatic rings. The number of rotatable bonds is 14. The second-order valence-corrected chi connectivity index (χ2v) is 12.6. The van der Waals surface area contributed by atoms with E-state index in [1.807, 2.05) is 60.7 Å². The summed E-state index contributed by atoms with van der Waals surface area (Å²) in [6.07, 6.45) is 5.69. The number of ether oxygens (including phenoxy) is 1. The van der Waals surface area contributed by atoms with Crippen LogP contribution in [0.3, 0.4) is 0 Å². The van der Waals surface area contributed by atoms with Crippen LogP contribution >= 0.6 is 0 Å². The van der Waals surface area contributed by atoms with Gasteiger partial charge in [-0.05, 0) is 59.2 Å². The van der Waals surface area contributed by atoms with Gasteiger partial charge in [0.2, 0.25) is 5.91 Å². The van der Waals surface area contributed by atoms with Crippen molar-refractivity contribution in [2.45, 2.75) is 77.9 Å². The highest BCUT2D eigenvalue weighted by Crippen LogP contribution is 2.25. The Morgan fingerprint density at radius 1 is 0.809 bits per heavy atom. The molecule has 47 heavy (non-hydrogen) atoms. The zero-order valence-electron chi connectivity index (χ0n) is 27.7. The van der Waals surface area contributed by atoms with E-state index in [1.165, 1.54) is 0 Å². The van der Waals surface area contributed by atoms with Gasteiger partial charge in [-0.25, -0.2) is 9.97 Å². The second-order valence-electron chi connectivity index (χ2n) is 12.6. The first-order valence-corrected chi connectivity index (χ1v) is 16.1. The summed E-state index contributed by atoms with van der Waals surface area (Å²) >= 11 is 0. The number of hydrogen-bond acceptors (Lipinski definition) is 6. The van der Waals surface area contributed by atoms with Crippen molar-refractivity contribution in [3.05, 3.63) is 102 Å². The molecule has 3 aromatic carbocycles. The fourth-order valence-electron chi connectivity index (χ4n) is 5.01. The Labute approximate surface area is 276 Å². The molecule has 9 heteroatoms. The minimum atomic E-state index is -1.02. The van der Waals surface area contributed by atoms with Gasteiger partial charge in [0.25, 0.3) is 5.91 Å². The van der Waals surface area contributed by atoms with E-state index in [0.29, 0.717) is 11.4 Å². The fourth-order valence-corrected chi connectivity index (χ4v) is 5.01. The maximum absolute atomic E-state index is 13.1. The molecule has 2 amide bonds. The van der Waals surface area contributed by atoms with Crippen LogP contribution in [0.25, 0.3) is 22.5 Å². The van der Waals surface area contributed by atoms with Gasteiger partial charge >= 0.3 is 5.97 Å². The highest BCUT2D eigenvalue weighted by atomic mass is 16.5. The Hall–Kier alpha value is -5.05. The zero-order valence-corrected chi connectivity index (χ0v) is 27.7. The molecular weight excluding hydrogens is 592 g/mol. The lowest BCUT2D eigenvalue weighted by molar-refractivity contribution is -0.137. The second kappa shape index (κ2) is 16.0. The summed E-state index contributed by atoms with van der Waals surface area (Å²) in [5.41, 5.74) is 4.96. The van der Waals surface area contributed by atoms with Crippen molar-refractivity contribution in [3.63, 3.8) is 0 Å². The molecule has 0 saturated carbocycles. The molecule has 0 radical (unpaired) electrons. The maximum atomic E-state index is 13.1. The number of carbonyl (C=O) groups excluding carboxylic acids is 2. The van der Waals surface area contributed by atoms with Crippen LogP contribution in [0.4, 0.5) is 0 Å². The summed E-state index contributed by atoms with van der Waals surface area (Å²) in [6, 6.07) is 21.8. The fraction of sp³-hybridized carbons (Fsp3) is 0.342. The number of carboxylic acids is 1. The first-order valence-electron chi connectivity index (χ1n) is 16.1. The lowest BCUT2D eigenvalue weighted by Crippen LogP contribution is -2.48. The smallest absolute Gasteiger partial charge is 0.305 e. The lowest BCUT2D eigenvalue weighted by Gasteiger charge is -2.20. The molecule has 0 saturated heterocycles. The molecule has 1 atom stereocenters. The molecule has 4 rings (SSSR count). The van der Waals surface area contributed by atoms with Crippen LogP contribution in [-0.2, 0) is 21.4 Å². The van der Waals surface area contributed by atoms with Crippen LogP contribution in [-0.4, -0.2) is 51.5 Å². The number of carbonyl (C=O) groups is 3. The molecule has 246 valence electrons. The van der Waals surface area contributed by atoms with Gasteiger partial charge < -0.3 is 20.5 Å². The molecule has 0 unspecified atom stereocenters. The van der Waals surface area contributed by atoms with Gasteiger partial charge in [0.05, 0.1) is 12.5 Å². The standard InChI is InChI=1S/C38H44N4O5/c1-6-31(7-2)47-32-18-14-26(15-19-32)29-23-40-35(41-24-29)27-10-8-25(9-11-27)22-33(37(46)39-21-20-34(43)44)42-36(45)28-12-16-30(17-13-28)38(3,4)5/h8-19,23-24,31,33H,6-7,20-22H2,1-5H3,(H,39,46)(H,42,45)(H,43,44)/t33-/m0/s1. The van der Waals surface area contributed by atoms with Crippen molar-refractivity contribution in [3.8, 4) is 28.3 Å². The third-order valence-electron chi connectivity index (χ3n) is 7.98. The Balaban J connectivity index is 1.44. The maximum Gasteiger partial charge on any atom is 0.305 e. The minimum absolute atomic E-state index is 0.0385. The Morgan fingerprint density at radius 3 is 1.96 bits per heavy atom. The summed E-state index contributed by atoms with van der Waals surface area (Å²) in [5, 5.41) is 14.4. The highest BCUT2D eigenvalue weighted by Gasteiger charge is 2.23. The number of carboxylic acid groups (broad SMARTS) is 1. The van der Waals surface area contributed by atoms with Crippen molar-refractivity contribution < 1.29 is 24.2 Å². The van der Waals surface area contributed by atoms with Gasteiger partial charge in [0, 0.05) is 42.0 Å². The monoisotopic (exact) mass is 636 g/mol. The van der Waals surface area contributed by atoms with Gasteiger partial charge in [-0.2, -0.15) is 0 Å². The first-order chi connectivity index (χ1) is 22.5. The summed E-state index contributed by atoms with van der Waals surface area (Å²) in [4.78, 5) is 46.3. The van der Waals surface area contributed by atoms with Gasteiger partial charge in [-0.15, -0.1) is 0 Å². The first kappa shape index (κ1) is 34.8. The van der Waals surface area contributed by atoms with Crippen LogP contribution in [0.1, 0.15) is 75.4 Å². The van der Waals surface area contributed by atoms with Crippen molar-refractivity contribution in [1.82, 2.24) is 20.6 Å². The van der Waals surface area contributed by atoms with Crippen LogP contribution in [0.5, 0.6) is 5.75 Å². The molecule has 0 spiro atoms. The molecule has 3 N–H and O–H groups in total. The molecule has 0 fully saturated rings. The summed E-state index contributed by atoms with van der Waals surface area (Å²) < 4.78 is 6.01. The quantitative estimate of drug-likeness (QED) is 0.142. The number of nitrogens with one attached hydrogen (secondary N) is 2. The predicted molar refractivity (Wildman–Crippen MR) is 183 cm³/mol. The molecule has 0 aliphatic rings. The Bertz CT molecular complexity index is 1620. The molecule has 1 heterocycles. The lowest BCUT2D eigenvalue weighted by atomic mass is 9.86. The molecule has 1 aromatic heterocycles. The summed E-state index contributed by atoms with van der Waals surface area (Å²) in [6.45, 7) is 10.5. The molecule has 0 aliphatic heterocycles. The summed E-state index contributed by atoms with van der Waals surface area (Å²) in [5.74, 6) is -0.458. The normalized spacial score (nSPS) is 12.0. The highest BCUT2D eigenvalue weighted by molar-refractivity contribution is 5.97. The number of aliphatic carboxylic acids is 1. The van der Waals surface area contributed by atoms with E-state index in [2.05, 4.69) is 55.2 Å². The van der Waals surface area contributed by atoms with E-state index in [0.717, 1.165) is 46.4 Å². The largest absolute Gasteiger partial charge is 0.490 e. The van der Waals surface area contributed by atoms with E-state index >= 15 is 0 Å². The summed E-state index contributed by atoms with van der Waals surface area (Å²) in [7, 11) is 0. The SMILES string of the molecule is CCC(CC)Oc1ccc(-c2cnc(-c3ccc(C[C@H](NC(=O)c4ccc(C(C)(C)C)cc4)C(=O)NCCC(=O)O)cc3)nc2)cc1. The van der Waals surface area contributed by atoms with E-state index < -0.39 is 17.9 Å². The van der Waals surface area contributed by atoms with Gasteiger partial charge in [0.15, 0.2) is 5.82 Å². The topological polar surface area (TPSA) is 131 Å². The van der Waals surface area contributed by atoms with Crippen molar-refractivity contribution in [2.24, 2.45) is 0 Å². The third kappa shape index (κ3) is 9.97. The molecular formula is C38H44N4O5. The van der Waals surface area contributed by atoms with E-state index in [-0.39, 0.29) is 36.8 Å². The van der Waals surface area contributed by atoms with E-state index in [9.17, 15) is 14.4 Å². The van der Waals surface area contributed by atoms with Gasteiger partial charge in [0.1, 0.15) is 11.8 Å².